The molecule has 2 unspecified atom stereocenters. The predicted octanol–water partition coefficient (Wildman–Crippen LogP) is 2.64. The number of ether oxygens (including phenoxy) is 1. The first-order valence-electron chi connectivity index (χ1n) is 8.27. The van der Waals surface area contributed by atoms with Crippen LogP contribution in [0.3, 0.4) is 0 Å². The van der Waals surface area contributed by atoms with Gasteiger partial charge in [-0.1, -0.05) is 19.8 Å². The molecule has 4 nitrogen and oxygen atoms in total. The largest absolute Gasteiger partial charge is 0.381 e. The molecule has 1 saturated heterocycles. The van der Waals surface area contributed by atoms with Gasteiger partial charge in [-0.2, -0.15) is 11.8 Å². The fourth-order valence-corrected chi connectivity index (χ4v) is 4.19. The molecule has 0 amide bonds. The van der Waals surface area contributed by atoms with Crippen LogP contribution >= 0.6 is 11.8 Å². The summed E-state index contributed by atoms with van der Waals surface area (Å²) in [6, 6.07) is 0.583. The van der Waals surface area contributed by atoms with Gasteiger partial charge in [0.25, 0.3) is 0 Å². The van der Waals surface area contributed by atoms with Gasteiger partial charge in [-0.15, -0.1) is 0 Å². The molecule has 0 aromatic heterocycles. The molecule has 0 aromatic rings. The summed E-state index contributed by atoms with van der Waals surface area (Å²) in [4.78, 5) is 4.41. The van der Waals surface area contributed by atoms with Gasteiger partial charge in [-0.05, 0) is 37.9 Å². The fraction of sp³-hybridized carbons (Fsp3) is 0.938. The van der Waals surface area contributed by atoms with Gasteiger partial charge in [0, 0.05) is 37.6 Å². The maximum Gasteiger partial charge on any atom is 0.191 e. The fourth-order valence-electron chi connectivity index (χ4n) is 3.39. The number of rotatable bonds is 4. The standard InChI is InChI=1S/C16H31N3OS/c1-13-5-4-6-14(11-13)19-15(17-2)18-12-16(21-3)7-9-20-10-8-16/h13-14H,4-12H2,1-3H3,(H2,17,18,19). The van der Waals surface area contributed by atoms with Gasteiger partial charge in [-0.3, -0.25) is 4.99 Å². The quantitative estimate of drug-likeness (QED) is 0.619. The summed E-state index contributed by atoms with van der Waals surface area (Å²) in [5, 5.41) is 7.17. The lowest BCUT2D eigenvalue weighted by Crippen LogP contribution is -2.50. The maximum atomic E-state index is 5.51. The van der Waals surface area contributed by atoms with Crippen LogP contribution in [-0.4, -0.2) is 49.8 Å². The van der Waals surface area contributed by atoms with Gasteiger partial charge in [0.2, 0.25) is 0 Å². The average Bonchev–Trinajstić information content (AvgIpc) is 2.52. The molecule has 1 aliphatic heterocycles. The molecule has 122 valence electrons. The minimum atomic E-state index is 0.301. The molecular weight excluding hydrogens is 282 g/mol. The Kier molecular flexibility index (Phi) is 6.68. The lowest BCUT2D eigenvalue weighted by molar-refractivity contribution is 0.0782. The maximum absolute atomic E-state index is 5.51. The Morgan fingerprint density at radius 3 is 2.71 bits per heavy atom. The smallest absolute Gasteiger partial charge is 0.191 e. The monoisotopic (exact) mass is 313 g/mol. The first-order valence-corrected chi connectivity index (χ1v) is 9.50. The van der Waals surface area contributed by atoms with Crippen LogP contribution < -0.4 is 10.6 Å². The van der Waals surface area contributed by atoms with Crippen LogP contribution in [-0.2, 0) is 4.74 Å². The van der Waals surface area contributed by atoms with E-state index >= 15 is 0 Å². The van der Waals surface area contributed by atoms with E-state index in [2.05, 4.69) is 28.8 Å². The van der Waals surface area contributed by atoms with Gasteiger partial charge in [-0.25, -0.2) is 0 Å². The predicted molar refractivity (Wildman–Crippen MR) is 92.2 cm³/mol. The van der Waals surface area contributed by atoms with E-state index in [-0.39, 0.29) is 0 Å². The average molecular weight is 314 g/mol. The highest BCUT2D eigenvalue weighted by Gasteiger charge is 2.32. The summed E-state index contributed by atoms with van der Waals surface area (Å²) in [7, 11) is 1.87. The van der Waals surface area contributed by atoms with E-state index in [4.69, 9.17) is 4.74 Å². The van der Waals surface area contributed by atoms with Crippen LogP contribution in [0.5, 0.6) is 0 Å². The van der Waals surface area contributed by atoms with Crippen LogP contribution in [0.2, 0.25) is 0 Å². The molecule has 5 heteroatoms. The second-order valence-corrected chi connectivity index (χ2v) is 7.81. The number of hydrogen-bond donors (Lipinski definition) is 2. The number of thioether (sulfide) groups is 1. The molecule has 2 aliphatic rings. The van der Waals surface area contributed by atoms with Gasteiger partial charge >= 0.3 is 0 Å². The van der Waals surface area contributed by atoms with Gasteiger partial charge in [0.15, 0.2) is 5.96 Å². The SMILES string of the molecule is CN=C(NCC1(SC)CCOCC1)NC1CCCC(C)C1. The topological polar surface area (TPSA) is 45.7 Å². The van der Waals surface area contributed by atoms with E-state index in [1.54, 1.807) is 0 Å². The third kappa shape index (κ3) is 5.06. The molecular formula is C16H31N3OS. The van der Waals surface area contributed by atoms with Crippen LogP contribution in [0.4, 0.5) is 0 Å². The van der Waals surface area contributed by atoms with Crippen molar-refractivity contribution >= 4 is 17.7 Å². The number of hydrogen-bond acceptors (Lipinski definition) is 3. The second-order valence-electron chi connectivity index (χ2n) is 6.54. The van der Waals surface area contributed by atoms with Crippen LogP contribution in [0.15, 0.2) is 4.99 Å². The van der Waals surface area contributed by atoms with E-state index in [0.717, 1.165) is 44.5 Å². The molecule has 2 fully saturated rings. The molecule has 2 rings (SSSR count). The Morgan fingerprint density at radius 2 is 2.10 bits per heavy atom. The highest BCUT2D eigenvalue weighted by Crippen LogP contribution is 2.33. The van der Waals surface area contributed by atoms with E-state index in [9.17, 15) is 0 Å². The third-order valence-corrected chi connectivity index (χ3v) is 6.33. The molecule has 21 heavy (non-hydrogen) atoms. The van der Waals surface area contributed by atoms with E-state index in [1.165, 1.54) is 25.7 Å². The molecule has 0 spiro atoms. The van der Waals surface area contributed by atoms with Crippen molar-refractivity contribution in [1.29, 1.82) is 0 Å². The normalized spacial score (nSPS) is 30.0. The number of nitrogens with zero attached hydrogens (tertiary/aromatic N) is 1. The minimum absolute atomic E-state index is 0.301. The molecule has 2 N–H and O–H groups in total. The molecule has 1 saturated carbocycles. The summed E-state index contributed by atoms with van der Waals surface area (Å²) in [5.74, 6) is 1.80. The van der Waals surface area contributed by atoms with Crippen LogP contribution in [0.1, 0.15) is 45.4 Å². The third-order valence-electron chi connectivity index (χ3n) is 4.92. The van der Waals surface area contributed by atoms with E-state index in [1.807, 2.05) is 18.8 Å². The zero-order valence-corrected chi connectivity index (χ0v) is 14.6. The Bertz CT molecular complexity index is 342. The van der Waals surface area contributed by atoms with Gasteiger partial charge < -0.3 is 15.4 Å². The molecule has 0 radical (unpaired) electrons. The molecule has 1 aliphatic carbocycles. The lowest BCUT2D eigenvalue weighted by atomic mass is 9.87. The molecule has 2 atom stereocenters. The molecule has 0 aromatic carbocycles. The summed E-state index contributed by atoms with van der Waals surface area (Å²) >= 11 is 1.97. The number of nitrogens with one attached hydrogen (secondary N) is 2. The zero-order chi connectivity index (χ0) is 15.1. The number of aliphatic imine (C=N–C) groups is 1. The highest BCUT2D eigenvalue weighted by atomic mass is 32.2. The van der Waals surface area contributed by atoms with Crippen molar-refractivity contribution < 1.29 is 4.74 Å². The summed E-state index contributed by atoms with van der Waals surface area (Å²) in [6.45, 7) is 5.09. The van der Waals surface area contributed by atoms with Crippen molar-refractivity contribution in [2.45, 2.75) is 56.2 Å². The van der Waals surface area contributed by atoms with E-state index in [0.29, 0.717) is 10.8 Å². The van der Waals surface area contributed by atoms with Crippen molar-refractivity contribution in [2.24, 2.45) is 10.9 Å². The van der Waals surface area contributed by atoms with Crippen molar-refractivity contribution in [3.05, 3.63) is 0 Å². The summed E-state index contributed by atoms with van der Waals surface area (Å²) < 4.78 is 5.81. The Morgan fingerprint density at radius 1 is 1.33 bits per heavy atom. The second kappa shape index (κ2) is 8.28. The van der Waals surface area contributed by atoms with Crippen LogP contribution in [0, 0.1) is 5.92 Å². The first-order chi connectivity index (χ1) is 10.2. The van der Waals surface area contributed by atoms with Crippen molar-refractivity contribution in [1.82, 2.24) is 10.6 Å². The van der Waals surface area contributed by atoms with Gasteiger partial charge in [0.1, 0.15) is 0 Å². The molecule has 0 bridgehead atoms. The summed E-state index contributed by atoms with van der Waals surface area (Å²) in [5.41, 5.74) is 0. The first kappa shape index (κ1) is 16.9. The lowest BCUT2D eigenvalue weighted by Gasteiger charge is -2.36. The zero-order valence-electron chi connectivity index (χ0n) is 13.8. The highest BCUT2D eigenvalue weighted by molar-refractivity contribution is 8.00. The summed E-state index contributed by atoms with van der Waals surface area (Å²) in [6.07, 6.45) is 9.71. The van der Waals surface area contributed by atoms with Gasteiger partial charge in [0.05, 0.1) is 0 Å². The van der Waals surface area contributed by atoms with Crippen molar-refractivity contribution in [3.8, 4) is 0 Å². The Labute approximate surface area is 133 Å². The number of guanidine groups is 1. The minimum Gasteiger partial charge on any atom is -0.381 e. The van der Waals surface area contributed by atoms with Crippen LogP contribution in [0.25, 0.3) is 0 Å². The van der Waals surface area contributed by atoms with Crippen molar-refractivity contribution in [2.75, 3.05) is 33.1 Å². The Balaban J connectivity index is 1.81. The Hall–Kier alpha value is -0.420. The van der Waals surface area contributed by atoms with E-state index < -0.39 is 0 Å². The van der Waals surface area contributed by atoms with Crippen molar-refractivity contribution in [3.63, 3.8) is 0 Å². The molecule has 1 heterocycles.